The average Bonchev–Trinajstić information content (AvgIpc) is 2.52. The number of oxazole rings is 1. The summed E-state index contributed by atoms with van der Waals surface area (Å²) in [5.74, 6) is 1.20. The molecule has 5 heteroatoms. The molecule has 0 aliphatic heterocycles. The Hall–Kier alpha value is -1.42. The molecule has 2 heterocycles. The van der Waals surface area contributed by atoms with Crippen molar-refractivity contribution in [3.63, 3.8) is 0 Å². The second-order valence-corrected chi connectivity index (χ2v) is 2.79. The molecule has 0 amide bonds. The first kappa shape index (κ1) is 8.19. The average molecular weight is 196 g/mol. The van der Waals surface area contributed by atoms with Crippen molar-refractivity contribution in [2.45, 2.75) is 6.92 Å². The van der Waals surface area contributed by atoms with Crippen LogP contribution in [0.1, 0.15) is 5.89 Å². The van der Waals surface area contributed by atoms with E-state index in [9.17, 15) is 0 Å². The van der Waals surface area contributed by atoms with Gasteiger partial charge in [-0.15, -0.1) is 0 Å². The molecule has 66 valence electrons. The van der Waals surface area contributed by atoms with Crippen LogP contribution in [0.3, 0.4) is 0 Å². The summed E-state index contributed by atoms with van der Waals surface area (Å²) in [6, 6.07) is 1.71. The predicted octanol–water partition coefficient (Wildman–Crippen LogP) is 2.09. The Morgan fingerprint density at radius 1 is 1.38 bits per heavy atom. The number of hydrogen-bond donors (Lipinski definition) is 0. The summed E-state index contributed by atoms with van der Waals surface area (Å²) in [5, 5.41) is 0.201. The van der Waals surface area contributed by atoms with Crippen molar-refractivity contribution in [1.82, 2.24) is 15.0 Å². The lowest BCUT2D eigenvalue weighted by atomic mass is 10.3. The summed E-state index contributed by atoms with van der Waals surface area (Å²) in [5.41, 5.74) is 0.639. The van der Waals surface area contributed by atoms with E-state index in [4.69, 9.17) is 16.0 Å². The number of nitrogens with zero attached hydrogens (tertiary/aromatic N) is 3. The molecule has 0 unspecified atom stereocenters. The van der Waals surface area contributed by atoms with E-state index in [-0.39, 0.29) is 5.28 Å². The van der Waals surface area contributed by atoms with Crippen molar-refractivity contribution in [2.75, 3.05) is 0 Å². The fraction of sp³-hybridized carbons (Fsp3) is 0.125. The molecule has 2 aromatic rings. The van der Waals surface area contributed by atoms with Crippen molar-refractivity contribution in [3.8, 4) is 11.5 Å². The molecule has 0 atom stereocenters. The summed E-state index contributed by atoms with van der Waals surface area (Å²) < 4.78 is 5.26. The normalized spacial score (nSPS) is 10.3. The van der Waals surface area contributed by atoms with Crippen LogP contribution in [0, 0.1) is 6.92 Å². The summed E-state index contributed by atoms with van der Waals surface area (Å²) in [7, 11) is 0. The van der Waals surface area contributed by atoms with Gasteiger partial charge in [-0.05, 0) is 17.7 Å². The SMILES string of the molecule is Cc1ncc(-c2ccnc(Cl)n2)o1. The number of hydrogen-bond acceptors (Lipinski definition) is 4. The fourth-order valence-electron chi connectivity index (χ4n) is 0.952. The number of aryl methyl sites for hydroxylation is 1. The monoisotopic (exact) mass is 195 g/mol. The molecule has 0 saturated carbocycles. The summed E-state index contributed by atoms with van der Waals surface area (Å²) in [6.45, 7) is 1.77. The molecule has 0 spiro atoms. The van der Waals surface area contributed by atoms with E-state index in [1.165, 1.54) is 0 Å². The molecular weight excluding hydrogens is 190 g/mol. The number of rotatable bonds is 1. The van der Waals surface area contributed by atoms with Gasteiger partial charge in [-0.3, -0.25) is 0 Å². The lowest BCUT2D eigenvalue weighted by Gasteiger charge is -1.93. The van der Waals surface area contributed by atoms with Crippen LogP contribution < -0.4 is 0 Å². The van der Waals surface area contributed by atoms with Gasteiger partial charge in [-0.2, -0.15) is 0 Å². The maximum Gasteiger partial charge on any atom is 0.222 e. The van der Waals surface area contributed by atoms with Crippen LogP contribution in [0.4, 0.5) is 0 Å². The van der Waals surface area contributed by atoms with E-state index in [2.05, 4.69) is 15.0 Å². The second kappa shape index (κ2) is 3.14. The standard InChI is InChI=1S/C8H6ClN3O/c1-5-11-4-7(13-5)6-2-3-10-8(9)12-6/h2-4H,1H3. The van der Waals surface area contributed by atoms with Crippen LogP contribution in [0.15, 0.2) is 22.9 Å². The third kappa shape index (κ3) is 1.67. The Labute approximate surface area is 79.6 Å². The highest BCUT2D eigenvalue weighted by atomic mass is 35.5. The van der Waals surface area contributed by atoms with Crippen LogP contribution in [0.5, 0.6) is 0 Å². The molecule has 0 fully saturated rings. The first-order chi connectivity index (χ1) is 6.25. The van der Waals surface area contributed by atoms with Crippen LogP contribution in [-0.4, -0.2) is 15.0 Å². The molecule has 0 N–H and O–H groups in total. The second-order valence-electron chi connectivity index (χ2n) is 2.45. The van der Waals surface area contributed by atoms with Crippen molar-refractivity contribution in [1.29, 1.82) is 0 Å². The quantitative estimate of drug-likeness (QED) is 0.654. The van der Waals surface area contributed by atoms with Gasteiger partial charge in [0.2, 0.25) is 5.28 Å². The molecule has 0 aliphatic rings. The molecule has 2 rings (SSSR count). The van der Waals surface area contributed by atoms with E-state index < -0.39 is 0 Å². The lowest BCUT2D eigenvalue weighted by molar-refractivity contribution is 0.532. The zero-order valence-corrected chi connectivity index (χ0v) is 7.62. The van der Waals surface area contributed by atoms with Crippen molar-refractivity contribution < 1.29 is 4.42 Å². The first-order valence-electron chi connectivity index (χ1n) is 3.67. The zero-order chi connectivity index (χ0) is 9.26. The van der Waals surface area contributed by atoms with Gasteiger partial charge in [0, 0.05) is 13.1 Å². The smallest absolute Gasteiger partial charge is 0.222 e. The Morgan fingerprint density at radius 3 is 2.85 bits per heavy atom. The van der Waals surface area contributed by atoms with Gasteiger partial charge in [-0.25, -0.2) is 15.0 Å². The maximum atomic E-state index is 5.62. The number of aromatic nitrogens is 3. The van der Waals surface area contributed by atoms with Gasteiger partial charge < -0.3 is 4.42 Å². The molecule has 0 saturated heterocycles. The van der Waals surface area contributed by atoms with Crippen molar-refractivity contribution in [2.24, 2.45) is 0 Å². The van der Waals surface area contributed by atoms with E-state index in [0.29, 0.717) is 17.3 Å². The minimum atomic E-state index is 0.201. The summed E-state index contributed by atoms with van der Waals surface area (Å²) in [4.78, 5) is 11.7. The minimum Gasteiger partial charge on any atom is -0.439 e. The third-order valence-electron chi connectivity index (χ3n) is 1.50. The Kier molecular flexibility index (Phi) is 1.98. The van der Waals surface area contributed by atoms with Crippen LogP contribution in [-0.2, 0) is 0 Å². The summed E-state index contributed by atoms with van der Waals surface area (Å²) in [6.07, 6.45) is 3.18. The van der Waals surface area contributed by atoms with Gasteiger partial charge in [-0.1, -0.05) is 0 Å². The van der Waals surface area contributed by atoms with Gasteiger partial charge in [0.25, 0.3) is 0 Å². The molecule has 0 bridgehead atoms. The highest BCUT2D eigenvalue weighted by Gasteiger charge is 2.05. The molecule has 0 aliphatic carbocycles. The fourth-order valence-corrected chi connectivity index (χ4v) is 1.10. The summed E-state index contributed by atoms with van der Waals surface area (Å²) >= 11 is 5.62. The molecule has 2 aromatic heterocycles. The molecule has 0 radical (unpaired) electrons. The van der Waals surface area contributed by atoms with Crippen LogP contribution in [0.25, 0.3) is 11.5 Å². The van der Waals surface area contributed by atoms with Gasteiger partial charge in [0.05, 0.1) is 6.20 Å². The Morgan fingerprint density at radius 2 is 2.23 bits per heavy atom. The highest BCUT2D eigenvalue weighted by molar-refractivity contribution is 6.28. The molecular formula is C8H6ClN3O. The van der Waals surface area contributed by atoms with Crippen LogP contribution >= 0.6 is 11.6 Å². The molecule has 13 heavy (non-hydrogen) atoms. The zero-order valence-electron chi connectivity index (χ0n) is 6.86. The van der Waals surface area contributed by atoms with Gasteiger partial charge in [0.1, 0.15) is 5.69 Å². The minimum absolute atomic E-state index is 0.201. The lowest BCUT2D eigenvalue weighted by Crippen LogP contribution is -1.84. The third-order valence-corrected chi connectivity index (χ3v) is 1.68. The number of halogens is 1. The van der Waals surface area contributed by atoms with E-state index in [1.807, 2.05) is 0 Å². The Bertz CT molecular complexity index is 427. The predicted molar refractivity (Wildman–Crippen MR) is 47.3 cm³/mol. The van der Waals surface area contributed by atoms with Crippen LogP contribution in [0.2, 0.25) is 5.28 Å². The van der Waals surface area contributed by atoms with Crippen molar-refractivity contribution in [3.05, 3.63) is 29.6 Å². The first-order valence-corrected chi connectivity index (χ1v) is 4.05. The molecule has 0 aromatic carbocycles. The topological polar surface area (TPSA) is 51.8 Å². The van der Waals surface area contributed by atoms with Crippen molar-refractivity contribution >= 4 is 11.6 Å². The van der Waals surface area contributed by atoms with E-state index >= 15 is 0 Å². The largest absolute Gasteiger partial charge is 0.439 e. The van der Waals surface area contributed by atoms with E-state index in [0.717, 1.165) is 0 Å². The molecule has 4 nitrogen and oxygen atoms in total. The maximum absolute atomic E-state index is 5.62. The highest BCUT2D eigenvalue weighted by Crippen LogP contribution is 2.17. The van der Waals surface area contributed by atoms with Gasteiger partial charge >= 0.3 is 0 Å². The van der Waals surface area contributed by atoms with E-state index in [1.54, 1.807) is 25.4 Å². The Balaban J connectivity index is 2.46. The van der Waals surface area contributed by atoms with Gasteiger partial charge in [0.15, 0.2) is 11.7 Å².